The van der Waals surface area contributed by atoms with Crippen LogP contribution in [0.4, 0.5) is 0 Å². The molecule has 0 saturated heterocycles. The highest BCUT2D eigenvalue weighted by atomic mass is 35.5. The molecule has 0 heterocycles. The standard InChI is InChI=1S/C13H18ClNO2/c1-2-6-17-11-5-3-4-10(7-11)8-12(15)13(16)9-14/h2-5,7,12-13,16H,1,6,8-9,15H2/t12-,13+/m0/s1. The van der Waals surface area contributed by atoms with Crippen LogP contribution in [0, 0.1) is 0 Å². The molecule has 3 nitrogen and oxygen atoms in total. The zero-order chi connectivity index (χ0) is 12.7. The second-order valence-electron chi connectivity index (χ2n) is 3.84. The monoisotopic (exact) mass is 255 g/mol. The second kappa shape index (κ2) is 7.33. The van der Waals surface area contributed by atoms with Gasteiger partial charge in [0.2, 0.25) is 0 Å². The summed E-state index contributed by atoms with van der Waals surface area (Å²) in [5.41, 5.74) is 6.84. The predicted molar refractivity (Wildman–Crippen MR) is 70.5 cm³/mol. The Kier molecular flexibility index (Phi) is 6.05. The van der Waals surface area contributed by atoms with E-state index in [1.807, 2.05) is 24.3 Å². The van der Waals surface area contributed by atoms with Crippen molar-refractivity contribution in [3.05, 3.63) is 42.5 Å². The van der Waals surface area contributed by atoms with Gasteiger partial charge < -0.3 is 15.6 Å². The maximum atomic E-state index is 9.50. The van der Waals surface area contributed by atoms with Crippen LogP contribution < -0.4 is 10.5 Å². The lowest BCUT2D eigenvalue weighted by Gasteiger charge is -2.16. The first-order valence-corrected chi connectivity index (χ1v) is 6.03. The van der Waals surface area contributed by atoms with Crippen molar-refractivity contribution in [1.29, 1.82) is 0 Å². The van der Waals surface area contributed by atoms with Crippen LogP contribution in [0.25, 0.3) is 0 Å². The average molecular weight is 256 g/mol. The molecule has 4 heteroatoms. The zero-order valence-corrected chi connectivity index (χ0v) is 10.4. The van der Waals surface area contributed by atoms with Crippen LogP contribution in [-0.4, -0.2) is 29.7 Å². The summed E-state index contributed by atoms with van der Waals surface area (Å²) in [5.74, 6) is 0.920. The summed E-state index contributed by atoms with van der Waals surface area (Å²) < 4.78 is 5.42. The fraction of sp³-hybridized carbons (Fsp3) is 0.385. The summed E-state index contributed by atoms with van der Waals surface area (Å²) in [7, 11) is 0. The number of hydrogen-bond donors (Lipinski definition) is 2. The Bertz CT molecular complexity index is 357. The quantitative estimate of drug-likeness (QED) is 0.576. The third kappa shape index (κ3) is 4.77. The molecule has 0 aliphatic rings. The SMILES string of the molecule is C=CCOc1cccc(C[C@H](N)[C@H](O)CCl)c1. The summed E-state index contributed by atoms with van der Waals surface area (Å²) in [6, 6.07) is 7.26. The molecular weight excluding hydrogens is 238 g/mol. The summed E-state index contributed by atoms with van der Waals surface area (Å²) in [5, 5.41) is 9.50. The Morgan fingerprint density at radius 3 is 2.94 bits per heavy atom. The Morgan fingerprint density at radius 2 is 2.29 bits per heavy atom. The van der Waals surface area contributed by atoms with E-state index in [-0.39, 0.29) is 11.9 Å². The molecule has 3 N–H and O–H groups in total. The highest BCUT2D eigenvalue weighted by Crippen LogP contribution is 2.15. The third-order valence-corrected chi connectivity index (χ3v) is 2.71. The van der Waals surface area contributed by atoms with Crippen molar-refractivity contribution in [3.8, 4) is 5.75 Å². The highest BCUT2D eigenvalue weighted by Gasteiger charge is 2.14. The van der Waals surface area contributed by atoms with Crippen LogP contribution in [0.1, 0.15) is 5.56 Å². The summed E-state index contributed by atoms with van der Waals surface area (Å²) in [6.07, 6.45) is 1.57. The maximum Gasteiger partial charge on any atom is 0.120 e. The molecule has 1 aromatic rings. The van der Waals surface area contributed by atoms with Gasteiger partial charge in [0.1, 0.15) is 12.4 Å². The molecular formula is C13H18ClNO2. The van der Waals surface area contributed by atoms with Gasteiger partial charge in [-0.05, 0) is 24.1 Å². The van der Waals surface area contributed by atoms with E-state index < -0.39 is 6.10 Å². The van der Waals surface area contributed by atoms with E-state index in [0.717, 1.165) is 11.3 Å². The van der Waals surface area contributed by atoms with Gasteiger partial charge in [-0.2, -0.15) is 0 Å². The van der Waals surface area contributed by atoms with Crippen LogP contribution in [0.15, 0.2) is 36.9 Å². The molecule has 0 radical (unpaired) electrons. The van der Waals surface area contributed by atoms with Crippen molar-refractivity contribution in [3.63, 3.8) is 0 Å². The molecule has 0 saturated carbocycles. The largest absolute Gasteiger partial charge is 0.490 e. The van der Waals surface area contributed by atoms with E-state index in [9.17, 15) is 5.11 Å². The van der Waals surface area contributed by atoms with Crippen LogP contribution in [0.3, 0.4) is 0 Å². The fourth-order valence-electron chi connectivity index (χ4n) is 1.44. The molecule has 0 amide bonds. The number of benzene rings is 1. The van der Waals surface area contributed by atoms with Crippen LogP contribution in [-0.2, 0) is 6.42 Å². The van der Waals surface area contributed by atoms with Gasteiger partial charge in [0.25, 0.3) is 0 Å². The van der Waals surface area contributed by atoms with Crippen molar-refractivity contribution in [1.82, 2.24) is 0 Å². The minimum atomic E-state index is -0.686. The summed E-state index contributed by atoms with van der Waals surface area (Å²) in [6.45, 7) is 4.06. The molecule has 17 heavy (non-hydrogen) atoms. The van der Waals surface area contributed by atoms with Crippen molar-refractivity contribution in [2.75, 3.05) is 12.5 Å². The molecule has 2 atom stereocenters. The molecule has 1 aromatic carbocycles. The zero-order valence-electron chi connectivity index (χ0n) is 9.68. The Hall–Kier alpha value is -1.03. The maximum absolute atomic E-state index is 9.50. The fourth-order valence-corrected chi connectivity index (χ4v) is 1.67. The van der Waals surface area contributed by atoms with E-state index in [1.54, 1.807) is 6.08 Å². The number of rotatable bonds is 7. The molecule has 0 aliphatic carbocycles. The lowest BCUT2D eigenvalue weighted by molar-refractivity contribution is 0.166. The van der Waals surface area contributed by atoms with Gasteiger partial charge in [-0.3, -0.25) is 0 Å². The number of ether oxygens (including phenoxy) is 1. The summed E-state index contributed by atoms with van der Waals surface area (Å²) in [4.78, 5) is 0. The normalized spacial score (nSPS) is 14.1. The smallest absolute Gasteiger partial charge is 0.120 e. The Balaban J connectivity index is 2.61. The molecule has 0 spiro atoms. The minimum absolute atomic E-state index is 0.147. The number of hydrogen-bond acceptors (Lipinski definition) is 3. The lowest BCUT2D eigenvalue weighted by Crippen LogP contribution is -2.37. The van der Waals surface area contributed by atoms with Crippen molar-refractivity contribution in [2.45, 2.75) is 18.6 Å². The molecule has 0 aliphatic heterocycles. The number of halogens is 1. The highest BCUT2D eigenvalue weighted by molar-refractivity contribution is 6.18. The lowest BCUT2D eigenvalue weighted by atomic mass is 10.0. The second-order valence-corrected chi connectivity index (χ2v) is 4.15. The Morgan fingerprint density at radius 1 is 1.53 bits per heavy atom. The van der Waals surface area contributed by atoms with Gasteiger partial charge in [0.05, 0.1) is 6.10 Å². The first kappa shape index (κ1) is 14.0. The first-order chi connectivity index (χ1) is 8.17. The van der Waals surface area contributed by atoms with Crippen molar-refractivity contribution < 1.29 is 9.84 Å². The molecule has 0 bridgehead atoms. The molecule has 0 unspecified atom stereocenters. The molecule has 0 fully saturated rings. The molecule has 1 rings (SSSR count). The van der Waals surface area contributed by atoms with Gasteiger partial charge in [0.15, 0.2) is 0 Å². The number of aliphatic hydroxyl groups is 1. The van der Waals surface area contributed by atoms with E-state index in [0.29, 0.717) is 13.0 Å². The van der Waals surface area contributed by atoms with Gasteiger partial charge >= 0.3 is 0 Å². The summed E-state index contributed by atoms with van der Waals surface area (Å²) >= 11 is 5.55. The third-order valence-electron chi connectivity index (χ3n) is 2.39. The Labute approximate surface area is 107 Å². The number of alkyl halides is 1. The predicted octanol–water partition coefficient (Wildman–Crippen LogP) is 1.72. The van der Waals surface area contributed by atoms with E-state index >= 15 is 0 Å². The van der Waals surface area contributed by atoms with Gasteiger partial charge in [-0.25, -0.2) is 0 Å². The minimum Gasteiger partial charge on any atom is -0.490 e. The number of aliphatic hydroxyl groups excluding tert-OH is 1. The molecule has 0 aromatic heterocycles. The van der Waals surface area contributed by atoms with Gasteiger partial charge in [0, 0.05) is 11.9 Å². The first-order valence-electron chi connectivity index (χ1n) is 5.49. The van der Waals surface area contributed by atoms with E-state index in [4.69, 9.17) is 22.1 Å². The van der Waals surface area contributed by atoms with E-state index in [1.165, 1.54) is 0 Å². The molecule has 94 valence electrons. The van der Waals surface area contributed by atoms with Crippen molar-refractivity contribution >= 4 is 11.6 Å². The average Bonchev–Trinajstić information content (AvgIpc) is 2.35. The van der Waals surface area contributed by atoms with Crippen LogP contribution in [0.5, 0.6) is 5.75 Å². The van der Waals surface area contributed by atoms with Gasteiger partial charge in [-0.1, -0.05) is 24.8 Å². The van der Waals surface area contributed by atoms with E-state index in [2.05, 4.69) is 6.58 Å². The van der Waals surface area contributed by atoms with Crippen LogP contribution >= 0.6 is 11.6 Å². The van der Waals surface area contributed by atoms with Crippen LogP contribution in [0.2, 0.25) is 0 Å². The van der Waals surface area contributed by atoms with Crippen molar-refractivity contribution in [2.24, 2.45) is 5.73 Å². The number of nitrogens with two attached hydrogens (primary N) is 1. The van der Waals surface area contributed by atoms with Gasteiger partial charge in [-0.15, -0.1) is 11.6 Å². The topological polar surface area (TPSA) is 55.5 Å².